The fraction of sp³-hybridized carbons (Fsp3) is 0.364. The molecule has 0 spiro atoms. The van der Waals surface area contributed by atoms with Crippen LogP contribution in [0.2, 0.25) is 0 Å². The molecule has 3 rings (SSSR count). The van der Waals surface area contributed by atoms with E-state index in [-0.39, 0.29) is 29.5 Å². The van der Waals surface area contributed by atoms with Crippen molar-refractivity contribution in [2.45, 2.75) is 31.7 Å². The van der Waals surface area contributed by atoms with Crippen molar-refractivity contribution in [1.82, 2.24) is 10.2 Å². The minimum atomic E-state index is -4.62. The zero-order chi connectivity index (χ0) is 25.3. The molecule has 0 fully saturated rings. The average molecular weight is 531 g/mol. The Balaban J connectivity index is 1.55. The van der Waals surface area contributed by atoms with E-state index in [2.05, 4.69) is 14.7 Å². The van der Waals surface area contributed by atoms with E-state index in [1.807, 2.05) is 30.3 Å². The van der Waals surface area contributed by atoms with Crippen LogP contribution in [0.5, 0.6) is 5.75 Å². The van der Waals surface area contributed by atoms with Gasteiger partial charge in [0.05, 0.1) is 31.4 Å². The summed E-state index contributed by atoms with van der Waals surface area (Å²) in [6.45, 7) is 0.864. The molecule has 13 heteroatoms. The number of hydrogen-bond acceptors (Lipinski definition) is 9. The first kappa shape index (κ1) is 27.4. The van der Waals surface area contributed by atoms with Gasteiger partial charge in [0.2, 0.25) is 0 Å². The van der Waals surface area contributed by atoms with Crippen LogP contribution in [0.25, 0.3) is 10.6 Å². The van der Waals surface area contributed by atoms with Crippen LogP contribution >= 0.6 is 19.9 Å². The maximum Gasteiger partial charge on any atom is 0.419 e. The van der Waals surface area contributed by atoms with Gasteiger partial charge in [0.15, 0.2) is 0 Å². The van der Waals surface area contributed by atoms with E-state index in [0.717, 1.165) is 23.0 Å². The Morgan fingerprint density at radius 1 is 1.03 bits per heavy atom. The lowest BCUT2D eigenvalue weighted by Crippen LogP contribution is -2.15. The molecule has 4 N–H and O–H groups in total. The van der Waals surface area contributed by atoms with Gasteiger partial charge >= 0.3 is 14.8 Å². The van der Waals surface area contributed by atoms with Crippen molar-refractivity contribution in [1.29, 1.82) is 0 Å². The first-order chi connectivity index (χ1) is 16.7. The van der Waals surface area contributed by atoms with Gasteiger partial charge in [0, 0.05) is 12.2 Å². The number of unbranched alkanes of at least 4 members (excludes halogenated alkanes) is 1. The average Bonchev–Trinajstić information content (AvgIpc) is 3.32. The normalized spacial score (nSPS) is 12.8. The van der Waals surface area contributed by atoms with Crippen LogP contribution in [-0.4, -0.2) is 39.8 Å². The van der Waals surface area contributed by atoms with Gasteiger partial charge in [-0.2, -0.15) is 13.2 Å². The highest BCUT2D eigenvalue weighted by molar-refractivity contribution is 7.39. The number of nitrogens with two attached hydrogens (primary N) is 1. The van der Waals surface area contributed by atoms with Crippen molar-refractivity contribution in [3.8, 4) is 16.3 Å². The summed E-state index contributed by atoms with van der Waals surface area (Å²) in [5.41, 5.74) is 6.20. The molecule has 0 radical (unpaired) electrons. The van der Waals surface area contributed by atoms with Gasteiger partial charge in [-0.15, -0.1) is 10.2 Å². The molecule has 0 amide bonds. The van der Waals surface area contributed by atoms with Crippen LogP contribution in [0.3, 0.4) is 0 Å². The smallest absolute Gasteiger partial charge is 0.419 e. The monoisotopic (exact) mass is 531 g/mol. The van der Waals surface area contributed by atoms with Crippen LogP contribution in [0, 0.1) is 0 Å². The molecule has 1 unspecified atom stereocenters. The second-order valence-corrected chi connectivity index (χ2v) is 9.18. The molecule has 0 aliphatic rings. The van der Waals surface area contributed by atoms with Gasteiger partial charge in [-0.1, -0.05) is 41.7 Å². The molecule has 1 atom stereocenters. The highest BCUT2D eigenvalue weighted by Crippen LogP contribution is 2.39. The SMILES string of the molecule is NC(COP(O)O)c1nnc(-c2ccc(OCCCCOCc3ccccc3)c(C(F)(F)F)c2)s1. The van der Waals surface area contributed by atoms with Crippen molar-refractivity contribution >= 4 is 19.9 Å². The number of rotatable bonds is 13. The summed E-state index contributed by atoms with van der Waals surface area (Å²) in [7, 11) is -2.57. The van der Waals surface area contributed by atoms with Gasteiger partial charge < -0.3 is 29.5 Å². The first-order valence-corrected chi connectivity index (χ1v) is 12.6. The Morgan fingerprint density at radius 3 is 2.49 bits per heavy atom. The van der Waals surface area contributed by atoms with Gasteiger partial charge in [-0.05, 0) is 36.6 Å². The Bertz CT molecular complexity index is 1060. The number of halogens is 3. The second kappa shape index (κ2) is 13.2. The van der Waals surface area contributed by atoms with Crippen molar-refractivity contribution in [2.24, 2.45) is 5.73 Å². The van der Waals surface area contributed by atoms with Crippen LogP contribution < -0.4 is 10.5 Å². The molecular formula is C22H25F3N3O5PS. The summed E-state index contributed by atoms with van der Waals surface area (Å²) >= 11 is 0.993. The summed E-state index contributed by atoms with van der Waals surface area (Å²) in [6, 6.07) is 12.6. The minimum Gasteiger partial charge on any atom is -0.493 e. The Labute approximate surface area is 205 Å². The highest BCUT2D eigenvalue weighted by Gasteiger charge is 2.35. The van der Waals surface area contributed by atoms with E-state index in [1.54, 1.807) is 0 Å². The maximum absolute atomic E-state index is 13.7. The number of benzene rings is 2. The lowest BCUT2D eigenvalue weighted by Gasteiger charge is -2.15. The van der Waals surface area contributed by atoms with Gasteiger partial charge in [0.1, 0.15) is 15.8 Å². The van der Waals surface area contributed by atoms with Gasteiger partial charge in [-0.3, -0.25) is 0 Å². The van der Waals surface area contributed by atoms with Crippen molar-refractivity contribution < 1.29 is 37.0 Å². The van der Waals surface area contributed by atoms with Crippen LogP contribution in [-0.2, 0) is 22.0 Å². The predicted molar refractivity (Wildman–Crippen MR) is 125 cm³/mol. The fourth-order valence-corrected chi connectivity index (χ4v) is 4.10. The molecule has 0 saturated carbocycles. The number of ether oxygens (including phenoxy) is 2. The van der Waals surface area contributed by atoms with Crippen molar-refractivity contribution in [2.75, 3.05) is 19.8 Å². The van der Waals surface area contributed by atoms with Crippen molar-refractivity contribution in [3.63, 3.8) is 0 Å². The summed E-state index contributed by atoms with van der Waals surface area (Å²) < 4.78 is 56.7. The second-order valence-electron chi connectivity index (χ2n) is 7.40. The molecule has 0 aliphatic carbocycles. The molecule has 190 valence electrons. The molecule has 3 aromatic rings. The van der Waals surface area contributed by atoms with Crippen molar-refractivity contribution in [3.05, 3.63) is 64.7 Å². The van der Waals surface area contributed by atoms with E-state index >= 15 is 0 Å². The van der Waals surface area contributed by atoms with E-state index in [4.69, 9.17) is 25.0 Å². The lowest BCUT2D eigenvalue weighted by atomic mass is 10.1. The molecular weight excluding hydrogens is 506 g/mol. The number of aromatic nitrogens is 2. The third kappa shape index (κ3) is 8.76. The molecule has 35 heavy (non-hydrogen) atoms. The third-order valence-corrected chi connectivity index (χ3v) is 6.20. The van der Waals surface area contributed by atoms with E-state index in [0.29, 0.717) is 31.1 Å². The molecule has 1 heterocycles. The van der Waals surface area contributed by atoms with Gasteiger partial charge in [0.25, 0.3) is 0 Å². The molecule has 0 aliphatic heterocycles. The van der Waals surface area contributed by atoms with Crippen LogP contribution in [0.4, 0.5) is 13.2 Å². The number of hydrogen-bond donors (Lipinski definition) is 3. The van der Waals surface area contributed by atoms with E-state index in [1.165, 1.54) is 12.1 Å². The summed E-state index contributed by atoms with van der Waals surface area (Å²) in [4.78, 5) is 17.6. The highest BCUT2D eigenvalue weighted by atomic mass is 32.1. The molecule has 1 aromatic heterocycles. The lowest BCUT2D eigenvalue weighted by molar-refractivity contribution is -0.138. The zero-order valence-corrected chi connectivity index (χ0v) is 20.2. The topological polar surface area (TPSA) is 120 Å². The van der Waals surface area contributed by atoms with E-state index < -0.39 is 26.4 Å². The first-order valence-electron chi connectivity index (χ1n) is 10.6. The van der Waals surface area contributed by atoms with E-state index in [9.17, 15) is 13.2 Å². The largest absolute Gasteiger partial charge is 0.493 e. The number of nitrogens with zero attached hydrogens (tertiary/aromatic N) is 2. The molecule has 0 bridgehead atoms. The van der Waals surface area contributed by atoms with Gasteiger partial charge in [-0.25, -0.2) is 0 Å². The number of alkyl halides is 3. The third-order valence-electron chi connectivity index (χ3n) is 4.71. The Hall–Kier alpha value is -2.18. The summed E-state index contributed by atoms with van der Waals surface area (Å²) in [5, 5.41) is 8.30. The fourth-order valence-electron chi connectivity index (χ4n) is 2.98. The maximum atomic E-state index is 13.7. The summed E-state index contributed by atoms with van der Waals surface area (Å²) in [6.07, 6.45) is -3.43. The zero-order valence-electron chi connectivity index (χ0n) is 18.5. The predicted octanol–water partition coefficient (Wildman–Crippen LogP) is 4.83. The summed E-state index contributed by atoms with van der Waals surface area (Å²) in [5.74, 6) is -0.263. The Kier molecular flexibility index (Phi) is 10.4. The molecule has 2 aromatic carbocycles. The molecule has 8 nitrogen and oxygen atoms in total. The standard InChI is InChI=1S/C22H25F3N3O5PS/c23-22(24,25)17-12-16(20-27-28-21(35-20)18(26)14-33-34(29)30)8-9-19(17)32-11-5-4-10-31-13-15-6-2-1-3-7-15/h1-3,6-9,12,18,29-30H,4-5,10-11,13-14,26H2. The molecule has 0 saturated heterocycles. The van der Waals surface area contributed by atoms with Crippen LogP contribution in [0.1, 0.15) is 35.0 Å². The van der Waals surface area contributed by atoms with Crippen LogP contribution in [0.15, 0.2) is 48.5 Å². The minimum absolute atomic E-state index is 0.118. The quantitative estimate of drug-likeness (QED) is 0.212. The Morgan fingerprint density at radius 2 is 1.77 bits per heavy atom.